The van der Waals surface area contributed by atoms with E-state index in [0.717, 1.165) is 22.5 Å². The van der Waals surface area contributed by atoms with Crippen LogP contribution < -0.4 is 0 Å². The predicted molar refractivity (Wildman–Crippen MR) is 178 cm³/mol. The summed E-state index contributed by atoms with van der Waals surface area (Å²) in [6.07, 6.45) is 3.89. The molecule has 0 saturated heterocycles. The van der Waals surface area contributed by atoms with Crippen LogP contribution in [-0.2, 0) is 0 Å². The van der Waals surface area contributed by atoms with Crippen molar-refractivity contribution in [3.63, 3.8) is 0 Å². The Bertz CT molecular complexity index is 2060. The number of fused-ring (bicyclic) bond motifs is 2. The molecule has 0 N–H and O–H groups in total. The lowest BCUT2D eigenvalue weighted by atomic mass is 9.87. The van der Waals surface area contributed by atoms with Gasteiger partial charge in [-0.1, -0.05) is 90.5 Å². The molecule has 7 rings (SSSR count). The van der Waals surface area contributed by atoms with Gasteiger partial charge in [0.25, 0.3) is 0 Å². The number of rotatable bonds is 4. The number of hydrogen-bond acceptors (Lipinski definition) is 2. The zero-order chi connectivity index (χ0) is 28.8. The van der Waals surface area contributed by atoms with E-state index >= 15 is 0 Å². The van der Waals surface area contributed by atoms with E-state index in [4.69, 9.17) is 9.97 Å². The maximum Gasteiger partial charge on any atom is 0.0720 e. The lowest BCUT2D eigenvalue weighted by Gasteiger charge is -2.18. The van der Waals surface area contributed by atoms with Crippen LogP contribution in [0.2, 0.25) is 0 Å². The van der Waals surface area contributed by atoms with Crippen molar-refractivity contribution in [2.45, 2.75) is 27.7 Å². The summed E-state index contributed by atoms with van der Waals surface area (Å²) in [5.41, 5.74) is 14.2. The number of nitrogens with zero attached hydrogens (tertiary/aromatic N) is 2. The van der Waals surface area contributed by atoms with Gasteiger partial charge in [0.05, 0.1) is 11.4 Å². The minimum atomic E-state index is 0.976. The van der Waals surface area contributed by atoms with Crippen LogP contribution in [0.4, 0.5) is 0 Å². The lowest BCUT2D eigenvalue weighted by Crippen LogP contribution is -1.95. The van der Waals surface area contributed by atoms with Crippen molar-refractivity contribution < 1.29 is 0 Å². The molecule has 0 amide bonds. The fourth-order valence-electron chi connectivity index (χ4n) is 6.45. The van der Waals surface area contributed by atoms with E-state index in [1.54, 1.807) is 0 Å². The molecule has 0 spiro atoms. The molecule has 0 radical (unpaired) electrons. The molecule has 0 aliphatic rings. The second-order valence-corrected chi connectivity index (χ2v) is 11.3. The van der Waals surface area contributed by atoms with Gasteiger partial charge in [0.1, 0.15) is 0 Å². The molecule has 0 fully saturated rings. The molecular formula is C40H32N2. The molecule has 7 aromatic rings. The van der Waals surface area contributed by atoms with Crippen LogP contribution in [0, 0.1) is 27.7 Å². The Labute approximate surface area is 247 Å². The number of aromatic nitrogens is 2. The van der Waals surface area contributed by atoms with Crippen molar-refractivity contribution in [2.75, 3.05) is 0 Å². The highest BCUT2D eigenvalue weighted by Gasteiger charge is 2.19. The summed E-state index contributed by atoms with van der Waals surface area (Å²) < 4.78 is 0. The molecule has 2 heterocycles. The SMILES string of the molecule is Cc1ccc(C)c(-c2ccnc(-c3c4ccccc4c(-c4cc(-c5c(C)cccc5C)ccn4)c4ccccc34)c2)c1. The molecule has 0 unspecified atom stereocenters. The molecule has 2 heteroatoms. The first-order valence-corrected chi connectivity index (χ1v) is 14.5. The summed E-state index contributed by atoms with van der Waals surface area (Å²) in [5, 5.41) is 4.71. The normalized spacial score (nSPS) is 11.3. The fraction of sp³-hybridized carbons (Fsp3) is 0.100. The molecule has 0 saturated carbocycles. The lowest BCUT2D eigenvalue weighted by molar-refractivity contribution is 1.31. The first kappa shape index (κ1) is 25.9. The van der Waals surface area contributed by atoms with Crippen LogP contribution in [-0.4, -0.2) is 9.97 Å². The van der Waals surface area contributed by atoms with Crippen molar-refractivity contribution in [3.8, 4) is 44.8 Å². The third-order valence-corrected chi connectivity index (χ3v) is 8.44. The maximum absolute atomic E-state index is 4.95. The summed E-state index contributed by atoms with van der Waals surface area (Å²) in [4.78, 5) is 9.90. The molecule has 0 aliphatic heterocycles. The Morgan fingerprint density at radius 3 is 1.45 bits per heavy atom. The smallest absolute Gasteiger partial charge is 0.0720 e. The third-order valence-electron chi connectivity index (χ3n) is 8.44. The summed E-state index contributed by atoms with van der Waals surface area (Å²) in [7, 11) is 0. The Balaban J connectivity index is 1.50. The van der Waals surface area contributed by atoms with Crippen LogP contribution in [0.25, 0.3) is 66.3 Å². The number of hydrogen-bond donors (Lipinski definition) is 0. The minimum Gasteiger partial charge on any atom is -0.256 e. The Morgan fingerprint density at radius 2 is 0.905 bits per heavy atom. The maximum atomic E-state index is 4.95. The quantitative estimate of drug-likeness (QED) is 0.208. The fourth-order valence-corrected chi connectivity index (χ4v) is 6.45. The third kappa shape index (κ3) is 4.37. The first-order valence-electron chi connectivity index (χ1n) is 14.5. The molecule has 5 aromatic carbocycles. The van der Waals surface area contributed by atoms with E-state index in [1.807, 2.05) is 12.4 Å². The summed E-state index contributed by atoms with van der Waals surface area (Å²) in [5.74, 6) is 0. The Morgan fingerprint density at radius 1 is 0.405 bits per heavy atom. The van der Waals surface area contributed by atoms with Crippen molar-refractivity contribution in [3.05, 3.63) is 144 Å². The molecule has 2 aromatic heterocycles. The van der Waals surface area contributed by atoms with Crippen LogP contribution in [0.5, 0.6) is 0 Å². The highest BCUT2D eigenvalue weighted by Crippen LogP contribution is 2.44. The number of pyridine rings is 2. The van der Waals surface area contributed by atoms with E-state index in [9.17, 15) is 0 Å². The van der Waals surface area contributed by atoms with Gasteiger partial charge >= 0.3 is 0 Å². The number of benzene rings is 5. The van der Waals surface area contributed by atoms with Crippen LogP contribution in [0.3, 0.4) is 0 Å². The highest BCUT2D eigenvalue weighted by molar-refractivity contribution is 6.20. The average molecular weight is 541 g/mol. The van der Waals surface area contributed by atoms with Gasteiger partial charge in [0, 0.05) is 23.5 Å². The van der Waals surface area contributed by atoms with Crippen molar-refractivity contribution in [1.82, 2.24) is 9.97 Å². The molecule has 2 nitrogen and oxygen atoms in total. The predicted octanol–water partition coefficient (Wildman–Crippen LogP) is 10.7. The zero-order valence-electron chi connectivity index (χ0n) is 24.4. The molecule has 0 bridgehead atoms. The molecule has 0 atom stereocenters. The zero-order valence-corrected chi connectivity index (χ0v) is 24.4. The highest BCUT2D eigenvalue weighted by atomic mass is 14.7. The topological polar surface area (TPSA) is 25.8 Å². The van der Waals surface area contributed by atoms with Crippen molar-refractivity contribution >= 4 is 21.5 Å². The standard InChI is InChI=1S/C40H32N2/c1-25-16-17-26(2)35(22-25)29-18-20-41-36(23-29)39-31-12-5-7-14-33(31)40(34-15-8-6-13-32(34)39)37-24-30(19-21-42-37)38-27(3)10-9-11-28(38)4/h5-24H,1-4H3. The van der Waals surface area contributed by atoms with Gasteiger partial charge in [-0.3, -0.25) is 9.97 Å². The van der Waals surface area contributed by atoms with E-state index in [2.05, 4.69) is 137 Å². The van der Waals surface area contributed by atoms with E-state index in [-0.39, 0.29) is 0 Å². The van der Waals surface area contributed by atoms with Gasteiger partial charge in [0.2, 0.25) is 0 Å². The summed E-state index contributed by atoms with van der Waals surface area (Å²) >= 11 is 0. The monoisotopic (exact) mass is 540 g/mol. The molecule has 42 heavy (non-hydrogen) atoms. The van der Waals surface area contributed by atoms with E-state index in [0.29, 0.717) is 0 Å². The largest absolute Gasteiger partial charge is 0.256 e. The average Bonchev–Trinajstić information content (AvgIpc) is 3.01. The Kier molecular flexibility index (Phi) is 6.40. The van der Waals surface area contributed by atoms with Gasteiger partial charge in [-0.25, -0.2) is 0 Å². The molecule has 202 valence electrons. The van der Waals surface area contributed by atoms with Crippen molar-refractivity contribution in [2.24, 2.45) is 0 Å². The molecular weight excluding hydrogens is 508 g/mol. The van der Waals surface area contributed by atoms with Gasteiger partial charge in [-0.2, -0.15) is 0 Å². The summed E-state index contributed by atoms with van der Waals surface area (Å²) in [6, 6.07) is 39.3. The van der Waals surface area contributed by atoms with Gasteiger partial charge in [0.15, 0.2) is 0 Å². The van der Waals surface area contributed by atoms with Crippen LogP contribution in [0.15, 0.2) is 122 Å². The second-order valence-electron chi connectivity index (χ2n) is 11.3. The van der Waals surface area contributed by atoms with E-state index < -0.39 is 0 Å². The van der Waals surface area contributed by atoms with Crippen molar-refractivity contribution in [1.29, 1.82) is 0 Å². The van der Waals surface area contributed by atoms with Gasteiger partial charge in [-0.15, -0.1) is 0 Å². The molecule has 0 aliphatic carbocycles. The van der Waals surface area contributed by atoms with Crippen LogP contribution >= 0.6 is 0 Å². The van der Waals surface area contributed by atoms with Crippen LogP contribution in [0.1, 0.15) is 22.3 Å². The van der Waals surface area contributed by atoms with Gasteiger partial charge in [-0.05, 0) is 112 Å². The van der Waals surface area contributed by atoms with Gasteiger partial charge < -0.3 is 0 Å². The summed E-state index contributed by atoms with van der Waals surface area (Å²) in [6.45, 7) is 8.69. The first-order chi connectivity index (χ1) is 20.5. The minimum absolute atomic E-state index is 0.976. The van der Waals surface area contributed by atoms with E-state index in [1.165, 1.54) is 66.1 Å². The number of aryl methyl sites for hydroxylation is 4. The second kappa shape index (κ2) is 10.4. The Hall–Kier alpha value is -5.08.